The Kier molecular flexibility index (Phi) is 4.73. The highest BCUT2D eigenvalue weighted by atomic mass is 32.1. The number of anilines is 1. The lowest BCUT2D eigenvalue weighted by molar-refractivity contribution is 0.174. The smallest absolute Gasteiger partial charge is 0.231 e. The molecule has 0 amide bonds. The molecule has 0 spiro atoms. The van der Waals surface area contributed by atoms with Crippen molar-refractivity contribution in [2.75, 3.05) is 12.1 Å². The molecule has 1 aromatic heterocycles. The van der Waals surface area contributed by atoms with Crippen molar-refractivity contribution in [1.82, 2.24) is 10.3 Å². The SMILES string of the molecule is Cc1nc(-c2cccc(NC(=S)NCc3ccc4c(c3)OCO4)c2)cs1. The molecular weight excluding hydrogens is 366 g/mol. The maximum absolute atomic E-state index is 5.41. The maximum Gasteiger partial charge on any atom is 0.231 e. The summed E-state index contributed by atoms with van der Waals surface area (Å²) in [4.78, 5) is 4.53. The number of aromatic nitrogens is 1. The molecule has 26 heavy (non-hydrogen) atoms. The molecule has 3 aromatic rings. The molecule has 132 valence electrons. The van der Waals surface area contributed by atoms with Crippen molar-refractivity contribution in [3.05, 3.63) is 58.4 Å². The van der Waals surface area contributed by atoms with Gasteiger partial charge in [0.1, 0.15) is 0 Å². The molecule has 0 saturated heterocycles. The quantitative estimate of drug-likeness (QED) is 0.654. The molecule has 5 nitrogen and oxygen atoms in total. The third kappa shape index (κ3) is 3.79. The van der Waals surface area contributed by atoms with Gasteiger partial charge in [-0.3, -0.25) is 0 Å². The van der Waals surface area contributed by atoms with Gasteiger partial charge in [0.2, 0.25) is 6.79 Å². The summed E-state index contributed by atoms with van der Waals surface area (Å²) in [6, 6.07) is 13.9. The lowest BCUT2D eigenvalue weighted by atomic mass is 10.1. The molecule has 2 heterocycles. The second-order valence-electron chi connectivity index (χ2n) is 5.83. The number of ether oxygens (including phenoxy) is 2. The van der Waals surface area contributed by atoms with Gasteiger partial charge in [-0.15, -0.1) is 11.3 Å². The number of nitrogens with one attached hydrogen (secondary N) is 2. The second-order valence-corrected chi connectivity index (χ2v) is 7.30. The Morgan fingerprint density at radius 2 is 2.08 bits per heavy atom. The Balaban J connectivity index is 1.37. The van der Waals surface area contributed by atoms with Crippen molar-refractivity contribution in [1.29, 1.82) is 0 Å². The van der Waals surface area contributed by atoms with E-state index in [1.165, 1.54) is 0 Å². The zero-order valence-electron chi connectivity index (χ0n) is 14.1. The van der Waals surface area contributed by atoms with Crippen LogP contribution in [0.1, 0.15) is 10.6 Å². The molecule has 2 N–H and O–H groups in total. The van der Waals surface area contributed by atoms with E-state index in [1.54, 1.807) is 11.3 Å². The van der Waals surface area contributed by atoms with Gasteiger partial charge in [-0.05, 0) is 49.0 Å². The van der Waals surface area contributed by atoms with Crippen LogP contribution < -0.4 is 20.1 Å². The minimum atomic E-state index is 0.279. The van der Waals surface area contributed by atoms with E-state index in [2.05, 4.69) is 21.0 Å². The van der Waals surface area contributed by atoms with E-state index in [0.717, 1.165) is 39.0 Å². The summed E-state index contributed by atoms with van der Waals surface area (Å²) in [5.41, 5.74) is 4.05. The predicted molar refractivity (Wildman–Crippen MR) is 108 cm³/mol. The molecule has 0 atom stereocenters. The van der Waals surface area contributed by atoms with Crippen LogP contribution in [0.3, 0.4) is 0 Å². The third-order valence-corrected chi connectivity index (χ3v) is 4.95. The molecule has 0 unspecified atom stereocenters. The van der Waals surface area contributed by atoms with Crippen molar-refractivity contribution < 1.29 is 9.47 Å². The van der Waals surface area contributed by atoms with E-state index in [9.17, 15) is 0 Å². The zero-order valence-corrected chi connectivity index (χ0v) is 15.7. The van der Waals surface area contributed by atoms with Gasteiger partial charge in [-0.2, -0.15) is 0 Å². The lowest BCUT2D eigenvalue weighted by Crippen LogP contribution is -2.27. The van der Waals surface area contributed by atoms with Crippen LogP contribution in [-0.2, 0) is 6.54 Å². The van der Waals surface area contributed by atoms with E-state index in [0.29, 0.717) is 11.7 Å². The monoisotopic (exact) mass is 383 g/mol. The summed E-state index contributed by atoms with van der Waals surface area (Å²) in [6.45, 7) is 2.89. The summed E-state index contributed by atoms with van der Waals surface area (Å²) in [5.74, 6) is 1.55. The standard InChI is InChI=1S/C19H17N3O2S2/c1-12-21-16(10-26-12)14-3-2-4-15(8-14)22-19(25)20-9-13-5-6-17-18(7-13)24-11-23-17/h2-8,10H,9,11H2,1H3,(H2,20,22,25). The molecule has 2 aromatic carbocycles. The van der Waals surface area contributed by atoms with E-state index >= 15 is 0 Å². The molecule has 1 aliphatic rings. The molecule has 4 rings (SSSR count). The fourth-order valence-corrected chi connectivity index (χ4v) is 3.47. The van der Waals surface area contributed by atoms with Gasteiger partial charge >= 0.3 is 0 Å². The number of thiocarbonyl (C=S) groups is 1. The molecule has 0 fully saturated rings. The summed E-state index contributed by atoms with van der Waals surface area (Å²) in [6.07, 6.45) is 0. The fourth-order valence-electron chi connectivity index (χ4n) is 2.66. The van der Waals surface area contributed by atoms with Gasteiger partial charge in [0.05, 0.1) is 10.7 Å². The van der Waals surface area contributed by atoms with E-state index in [-0.39, 0.29) is 6.79 Å². The highest BCUT2D eigenvalue weighted by molar-refractivity contribution is 7.80. The Hall–Kier alpha value is -2.64. The number of benzene rings is 2. The Bertz CT molecular complexity index is 955. The Morgan fingerprint density at radius 3 is 2.92 bits per heavy atom. The van der Waals surface area contributed by atoms with Crippen molar-refractivity contribution in [3.63, 3.8) is 0 Å². The van der Waals surface area contributed by atoms with Crippen LogP contribution in [0, 0.1) is 6.92 Å². The van der Waals surface area contributed by atoms with Crippen LogP contribution in [0.5, 0.6) is 11.5 Å². The molecule has 0 radical (unpaired) electrons. The Labute approximate surface area is 161 Å². The average molecular weight is 383 g/mol. The number of rotatable bonds is 4. The van der Waals surface area contributed by atoms with Gasteiger partial charge < -0.3 is 20.1 Å². The Morgan fingerprint density at radius 1 is 1.19 bits per heavy atom. The largest absolute Gasteiger partial charge is 0.454 e. The van der Waals surface area contributed by atoms with Crippen LogP contribution in [0.25, 0.3) is 11.3 Å². The maximum atomic E-state index is 5.41. The highest BCUT2D eigenvalue weighted by Crippen LogP contribution is 2.32. The molecule has 7 heteroatoms. The highest BCUT2D eigenvalue weighted by Gasteiger charge is 2.13. The lowest BCUT2D eigenvalue weighted by Gasteiger charge is -2.11. The normalized spacial score (nSPS) is 12.0. The minimum absolute atomic E-state index is 0.279. The molecule has 0 aliphatic carbocycles. The van der Waals surface area contributed by atoms with Gasteiger partial charge in [-0.25, -0.2) is 4.98 Å². The van der Waals surface area contributed by atoms with Crippen LogP contribution in [-0.4, -0.2) is 16.9 Å². The topological polar surface area (TPSA) is 55.4 Å². The molecule has 0 saturated carbocycles. The van der Waals surface area contributed by atoms with Crippen molar-refractivity contribution >= 4 is 34.4 Å². The number of aryl methyl sites for hydroxylation is 1. The number of fused-ring (bicyclic) bond motifs is 1. The van der Waals surface area contributed by atoms with Crippen LogP contribution in [0.2, 0.25) is 0 Å². The summed E-state index contributed by atoms with van der Waals surface area (Å²) in [5, 5.41) is 10.1. The first kappa shape index (κ1) is 16.8. The van der Waals surface area contributed by atoms with E-state index < -0.39 is 0 Å². The zero-order chi connectivity index (χ0) is 17.9. The first-order chi connectivity index (χ1) is 12.7. The third-order valence-electron chi connectivity index (χ3n) is 3.93. The average Bonchev–Trinajstić information content (AvgIpc) is 3.28. The number of hydrogen-bond acceptors (Lipinski definition) is 5. The van der Waals surface area contributed by atoms with Crippen molar-refractivity contribution in [3.8, 4) is 22.8 Å². The summed E-state index contributed by atoms with van der Waals surface area (Å²) >= 11 is 7.05. The number of nitrogens with zero attached hydrogens (tertiary/aromatic N) is 1. The minimum Gasteiger partial charge on any atom is -0.454 e. The summed E-state index contributed by atoms with van der Waals surface area (Å²) in [7, 11) is 0. The van der Waals surface area contributed by atoms with Crippen LogP contribution in [0.4, 0.5) is 5.69 Å². The first-order valence-corrected chi connectivity index (χ1v) is 9.42. The number of thiazole rings is 1. The van der Waals surface area contributed by atoms with Gasteiger partial charge in [0.15, 0.2) is 16.6 Å². The molecule has 0 bridgehead atoms. The van der Waals surface area contributed by atoms with Crippen LogP contribution in [0.15, 0.2) is 47.8 Å². The molecule has 1 aliphatic heterocycles. The van der Waals surface area contributed by atoms with Crippen molar-refractivity contribution in [2.24, 2.45) is 0 Å². The van der Waals surface area contributed by atoms with E-state index in [4.69, 9.17) is 21.7 Å². The van der Waals surface area contributed by atoms with Gasteiger partial charge in [0.25, 0.3) is 0 Å². The second kappa shape index (κ2) is 7.31. The van der Waals surface area contributed by atoms with Gasteiger partial charge in [-0.1, -0.05) is 18.2 Å². The van der Waals surface area contributed by atoms with Gasteiger partial charge in [0, 0.05) is 23.2 Å². The predicted octanol–water partition coefficient (Wildman–Crippen LogP) is 4.33. The first-order valence-electron chi connectivity index (χ1n) is 8.13. The van der Waals surface area contributed by atoms with Crippen LogP contribution >= 0.6 is 23.6 Å². The fraction of sp³-hybridized carbons (Fsp3) is 0.158. The molecular formula is C19H17N3O2S2. The number of hydrogen-bond donors (Lipinski definition) is 2. The summed E-state index contributed by atoms with van der Waals surface area (Å²) < 4.78 is 10.7. The van der Waals surface area contributed by atoms with Crippen molar-refractivity contribution in [2.45, 2.75) is 13.5 Å². The van der Waals surface area contributed by atoms with E-state index in [1.807, 2.05) is 49.4 Å².